The lowest BCUT2D eigenvalue weighted by atomic mass is 10.1. The molecule has 2 N–H and O–H groups in total. The highest BCUT2D eigenvalue weighted by Crippen LogP contribution is 2.21. The molecule has 1 aliphatic rings. The Labute approximate surface area is 123 Å². The third-order valence-corrected chi connectivity index (χ3v) is 3.30. The molecule has 0 radical (unpaired) electrons. The van der Waals surface area contributed by atoms with Crippen LogP contribution in [0.25, 0.3) is 0 Å². The van der Waals surface area contributed by atoms with Gasteiger partial charge in [-0.2, -0.15) is 0 Å². The van der Waals surface area contributed by atoms with Gasteiger partial charge in [0, 0.05) is 6.61 Å². The zero-order valence-corrected chi connectivity index (χ0v) is 12.3. The molecule has 21 heavy (non-hydrogen) atoms. The van der Waals surface area contributed by atoms with E-state index in [1.165, 1.54) is 0 Å². The predicted octanol–water partition coefficient (Wildman–Crippen LogP) is 1.01. The van der Waals surface area contributed by atoms with E-state index in [1.807, 2.05) is 32.0 Å². The third-order valence-electron chi connectivity index (χ3n) is 3.30. The average molecular weight is 292 g/mol. The van der Waals surface area contributed by atoms with E-state index in [-0.39, 0.29) is 12.5 Å². The van der Waals surface area contributed by atoms with Gasteiger partial charge in [0.2, 0.25) is 0 Å². The Morgan fingerprint density at radius 3 is 2.62 bits per heavy atom. The maximum absolute atomic E-state index is 11.7. The van der Waals surface area contributed by atoms with Gasteiger partial charge in [-0.05, 0) is 37.8 Å². The van der Waals surface area contributed by atoms with Crippen molar-refractivity contribution < 1.29 is 19.1 Å². The number of carbonyl (C=O) groups is 2. The largest absolute Gasteiger partial charge is 0.483 e. The molecule has 1 atom stereocenters. The van der Waals surface area contributed by atoms with Crippen molar-refractivity contribution in [3.63, 3.8) is 0 Å². The lowest BCUT2D eigenvalue weighted by Crippen LogP contribution is -2.47. The molecule has 1 aromatic carbocycles. The number of ether oxygens (including phenoxy) is 2. The van der Waals surface area contributed by atoms with E-state index in [0.29, 0.717) is 18.8 Å². The molecule has 0 aromatic heterocycles. The molecule has 0 spiro atoms. The Morgan fingerprint density at radius 1 is 1.29 bits per heavy atom. The molecule has 1 heterocycles. The number of benzene rings is 1. The molecule has 2 rings (SSSR count). The van der Waals surface area contributed by atoms with Crippen LogP contribution in [0.15, 0.2) is 18.2 Å². The highest BCUT2D eigenvalue weighted by atomic mass is 16.5. The van der Waals surface area contributed by atoms with E-state index >= 15 is 0 Å². The smallest absolute Gasteiger partial charge is 0.276 e. The molecule has 114 valence electrons. The first-order valence-corrected chi connectivity index (χ1v) is 6.97. The monoisotopic (exact) mass is 292 g/mol. The van der Waals surface area contributed by atoms with Gasteiger partial charge in [0.25, 0.3) is 11.8 Å². The summed E-state index contributed by atoms with van der Waals surface area (Å²) >= 11 is 0. The summed E-state index contributed by atoms with van der Waals surface area (Å²) < 4.78 is 10.7. The standard InChI is InChI=1S/C15H20N2O4/c1-10-5-3-6-11(2)14(10)21-9-13(18)16-17-15(19)12-7-4-8-20-12/h3,5-6,12H,4,7-9H2,1-2H3,(H,16,18)(H,17,19). The fourth-order valence-electron chi connectivity index (χ4n) is 2.20. The molecular weight excluding hydrogens is 272 g/mol. The number of hydrogen-bond donors (Lipinski definition) is 2. The summed E-state index contributed by atoms with van der Waals surface area (Å²) in [5, 5.41) is 0. The van der Waals surface area contributed by atoms with E-state index in [4.69, 9.17) is 9.47 Å². The number of amides is 2. The molecule has 1 fully saturated rings. The molecule has 1 aliphatic heterocycles. The zero-order valence-electron chi connectivity index (χ0n) is 12.3. The second kappa shape index (κ2) is 7.08. The van der Waals surface area contributed by atoms with Crippen LogP contribution in [-0.2, 0) is 14.3 Å². The minimum atomic E-state index is -0.468. The van der Waals surface area contributed by atoms with E-state index < -0.39 is 12.0 Å². The first-order valence-electron chi connectivity index (χ1n) is 6.97. The van der Waals surface area contributed by atoms with Gasteiger partial charge in [-0.25, -0.2) is 0 Å². The van der Waals surface area contributed by atoms with Gasteiger partial charge in [-0.3, -0.25) is 20.4 Å². The Balaban J connectivity index is 1.76. The normalized spacial score (nSPS) is 17.3. The summed E-state index contributed by atoms with van der Waals surface area (Å²) in [6, 6.07) is 5.76. The van der Waals surface area contributed by atoms with Crippen LogP contribution in [-0.4, -0.2) is 31.1 Å². The fourth-order valence-corrected chi connectivity index (χ4v) is 2.20. The molecule has 0 aliphatic carbocycles. The van der Waals surface area contributed by atoms with Gasteiger partial charge in [-0.1, -0.05) is 18.2 Å². The van der Waals surface area contributed by atoms with Crippen molar-refractivity contribution in [3.8, 4) is 5.75 Å². The number of rotatable bonds is 4. The zero-order chi connectivity index (χ0) is 15.2. The number of carbonyl (C=O) groups excluding carboxylic acids is 2. The van der Waals surface area contributed by atoms with Crippen molar-refractivity contribution in [1.82, 2.24) is 10.9 Å². The van der Waals surface area contributed by atoms with Crippen LogP contribution >= 0.6 is 0 Å². The van der Waals surface area contributed by atoms with E-state index in [2.05, 4.69) is 10.9 Å². The summed E-state index contributed by atoms with van der Waals surface area (Å²) in [5.41, 5.74) is 6.60. The first-order chi connectivity index (χ1) is 10.1. The molecule has 0 saturated carbocycles. The van der Waals surface area contributed by atoms with Crippen molar-refractivity contribution in [2.75, 3.05) is 13.2 Å². The van der Waals surface area contributed by atoms with Crippen LogP contribution < -0.4 is 15.6 Å². The SMILES string of the molecule is Cc1cccc(C)c1OCC(=O)NNC(=O)C1CCCO1. The van der Waals surface area contributed by atoms with Gasteiger partial charge < -0.3 is 9.47 Å². The molecule has 1 aromatic rings. The first kappa shape index (κ1) is 15.3. The predicted molar refractivity (Wildman–Crippen MR) is 76.7 cm³/mol. The van der Waals surface area contributed by atoms with Crippen molar-refractivity contribution in [2.24, 2.45) is 0 Å². The molecule has 2 amide bonds. The number of hydrogen-bond acceptors (Lipinski definition) is 4. The Hall–Kier alpha value is -2.08. The van der Waals surface area contributed by atoms with E-state index in [1.54, 1.807) is 0 Å². The van der Waals surface area contributed by atoms with Gasteiger partial charge in [0.15, 0.2) is 6.61 Å². The summed E-state index contributed by atoms with van der Waals surface area (Å²) in [7, 11) is 0. The lowest BCUT2D eigenvalue weighted by Gasteiger charge is -2.13. The fraction of sp³-hybridized carbons (Fsp3) is 0.467. The van der Waals surface area contributed by atoms with Gasteiger partial charge >= 0.3 is 0 Å². The molecule has 1 unspecified atom stereocenters. The average Bonchev–Trinajstić information content (AvgIpc) is 2.98. The summed E-state index contributed by atoms with van der Waals surface area (Å²) in [6.45, 7) is 4.26. The summed E-state index contributed by atoms with van der Waals surface area (Å²) in [6.07, 6.45) is 1.08. The minimum absolute atomic E-state index is 0.155. The van der Waals surface area contributed by atoms with Gasteiger partial charge in [0.1, 0.15) is 11.9 Å². The summed E-state index contributed by atoms with van der Waals surface area (Å²) in [4.78, 5) is 23.3. The molecular formula is C15H20N2O4. The number of aryl methyl sites for hydroxylation is 2. The van der Waals surface area contributed by atoms with Gasteiger partial charge in [-0.15, -0.1) is 0 Å². The lowest BCUT2D eigenvalue weighted by molar-refractivity contribution is -0.135. The maximum Gasteiger partial charge on any atom is 0.276 e. The Kier molecular flexibility index (Phi) is 5.16. The highest BCUT2D eigenvalue weighted by Gasteiger charge is 2.23. The quantitative estimate of drug-likeness (QED) is 0.812. The van der Waals surface area contributed by atoms with Crippen molar-refractivity contribution in [3.05, 3.63) is 29.3 Å². The highest BCUT2D eigenvalue weighted by molar-refractivity contribution is 5.85. The molecule has 6 heteroatoms. The Bertz CT molecular complexity index is 504. The van der Waals surface area contributed by atoms with Crippen molar-refractivity contribution in [1.29, 1.82) is 0 Å². The third kappa shape index (κ3) is 4.19. The Morgan fingerprint density at radius 2 is 2.00 bits per heavy atom. The van der Waals surface area contributed by atoms with Crippen LogP contribution in [0.3, 0.4) is 0 Å². The van der Waals surface area contributed by atoms with Crippen molar-refractivity contribution in [2.45, 2.75) is 32.8 Å². The second-order valence-electron chi connectivity index (χ2n) is 5.05. The van der Waals surface area contributed by atoms with Crippen LogP contribution in [0.1, 0.15) is 24.0 Å². The van der Waals surface area contributed by atoms with Crippen LogP contribution in [0.5, 0.6) is 5.75 Å². The number of para-hydroxylation sites is 1. The maximum atomic E-state index is 11.7. The van der Waals surface area contributed by atoms with Crippen LogP contribution in [0.2, 0.25) is 0 Å². The van der Waals surface area contributed by atoms with Gasteiger partial charge in [0.05, 0.1) is 0 Å². The van der Waals surface area contributed by atoms with Crippen LogP contribution in [0, 0.1) is 13.8 Å². The molecule has 0 bridgehead atoms. The summed E-state index contributed by atoms with van der Waals surface area (Å²) in [5.74, 6) is -0.0463. The topological polar surface area (TPSA) is 76.7 Å². The molecule has 1 saturated heterocycles. The molecule has 6 nitrogen and oxygen atoms in total. The number of hydrazine groups is 1. The van der Waals surface area contributed by atoms with Crippen LogP contribution in [0.4, 0.5) is 0 Å². The minimum Gasteiger partial charge on any atom is -0.483 e. The van der Waals surface area contributed by atoms with Crippen molar-refractivity contribution >= 4 is 11.8 Å². The number of nitrogens with one attached hydrogen (secondary N) is 2. The van der Waals surface area contributed by atoms with E-state index in [9.17, 15) is 9.59 Å². The van der Waals surface area contributed by atoms with E-state index in [0.717, 1.165) is 17.5 Å². The second-order valence-corrected chi connectivity index (χ2v) is 5.05.